The maximum absolute atomic E-state index is 12.6. The summed E-state index contributed by atoms with van der Waals surface area (Å²) in [6, 6.07) is 11.9. The molecule has 1 heterocycles. The third-order valence-electron chi connectivity index (χ3n) is 3.25. The minimum Gasteiger partial charge on any atom is -0.443 e. The lowest BCUT2D eigenvalue weighted by Crippen LogP contribution is -2.37. The Bertz CT molecular complexity index is 673. The third kappa shape index (κ3) is 5.09. The number of pyridine rings is 1. The van der Waals surface area contributed by atoms with E-state index in [0.717, 1.165) is 11.1 Å². The van der Waals surface area contributed by atoms with Gasteiger partial charge in [-0.05, 0) is 57.9 Å². The molecule has 0 N–H and O–H groups in total. The van der Waals surface area contributed by atoms with Gasteiger partial charge in [0.05, 0.1) is 6.54 Å². The Labute approximate surface area is 138 Å². The van der Waals surface area contributed by atoms with E-state index >= 15 is 0 Å². The maximum atomic E-state index is 12.6. The largest absolute Gasteiger partial charge is 0.443 e. The van der Waals surface area contributed by atoms with Crippen LogP contribution >= 0.6 is 0 Å². The third-order valence-corrected chi connectivity index (χ3v) is 3.25. The highest BCUT2D eigenvalue weighted by Crippen LogP contribution is 2.20. The van der Waals surface area contributed by atoms with Crippen LogP contribution in [0.4, 0.5) is 10.6 Å². The summed E-state index contributed by atoms with van der Waals surface area (Å²) in [7, 11) is 0. The molecule has 4 heteroatoms. The number of aromatic nitrogens is 1. The monoisotopic (exact) mass is 312 g/mol. The van der Waals surface area contributed by atoms with E-state index in [1.165, 1.54) is 5.56 Å². The van der Waals surface area contributed by atoms with Crippen molar-refractivity contribution in [2.75, 3.05) is 4.90 Å². The van der Waals surface area contributed by atoms with Crippen LogP contribution in [0.1, 0.15) is 37.5 Å². The van der Waals surface area contributed by atoms with Gasteiger partial charge >= 0.3 is 6.09 Å². The Hall–Kier alpha value is -2.36. The Morgan fingerprint density at radius 2 is 1.74 bits per heavy atom. The van der Waals surface area contributed by atoms with Crippen molar-refractivity contribution in [1.82, 2.24) is 4.98 Å². The highest BCUT2D eigenvalue weighted by molar-refractivity contribution is 5.86. The minimum atomic E-state index is -0.549. The highest BCUT2D eigenvalue weighted by atomic mass is 16.6. The van der Waals surface area contributed by atoms with Gasteiger partial charge in [-0.2, -0.15) is 0 Å². The van der Waals surface area contributed by atoms with Crippen molar-refractivity contribution in [3.05, 3.63) is 59.3 Å². The number of hydrogen-bond donors (Lipinski definition) is 0. The van der Waals surface area contributed by atoms with Gasteiger partial charge in [0.1, 0.15) is 11.4 Å². The molecule has 0 atom stereocenters. The number of carbonyl (C=O) groups excluding carboxylic acids is 1. The molecule has 2 rings (SSSR count). The SMILES string of the molecule is Cc1ccc(CN(C(=O)OC(C)(C)C)c2cc(C)ccn2)cc1. The van der Waals surface area contributed by atoms with Crippen LogP contribution in [0.15, 0.2) is 42.6 Å². The second-order valence-electron chi connectivity index (χ2n) is 6.74. The van der Waals surface area contributed by atoms with Crippen LogP contribution in [-0.4, -0.2) is 16.7 Å². The molecule has 0 saturated carbocycles. The lowest BCUT2D eigenvalue weighted by atomic mass is 10.1. The van der Waals surface area contributed by atoms with Gasteiger partial charge in [0, 0.05) is 6.20 Å². The first-order valence-electron chi connectivity index (χ1n) is 7.73. The first-order chi connectivity index (χ1) is 10.7. The van der Waals surface area contributed by atoms with Gasteiger partial charge < -0.3 is 4.74 Å². The minimum absolute atomic E-state index is 0.392. The average molecular weight is 312 g/mol. The summed E-state index contributed by atoms with van der Waals surface area (Å²) >= 11 is 0. The molecular weight excluding hydrogens is 288 g/mol. The van der Waals surface area contributed by atoms with Crippen molar-refractivity contribution >= 4 is 11.9 Å². The number of ether oxygens (including phenoxy) is 1. The number of benzene rings is 1. The first-order valence-corrected chi connectivity index (χ1v) is 7.73. The summed E-state index contributed by atoms with van der Waals surface area (Å²) in [5.74, 6) is 0.597. The zero-order chi connectivity index (χ0) is 17.0. The van der Waals surface area contributed by atoms with Gasteiger partial charge in [0.15, 0.2) is 0 Å². The molecule has 1 amide bonds. The van der Waals surface area contributed by atoms with E-state index in [1.54, 1.807) is 11.1 Å². The lowest BCUT2D eigenvalue weighted by molar-refractivity contribution is 0.0576. The molecule has 0 saturated heterocycles. The smallest absolute Gasteiger partial charge is 0.416 e. The quantitative estimate of drug-likeness (QED) is 0.829. The molecule has 0 fully saturated rings. The molecule has 1 aromatic carbocycles. The predicted octanol–water partition coefficient (Wildman–Crippen LogP) is 4.64. The number of rotatable bonds is 3. The fraction of sp³-hybridized carbons (Fsp3) is 0.368. The summed E-state index contributed by atoms with van der Waals surface area (Å²) in [5.41, 5.74) is 2.72. The van der Waals surface area contributed by atoms with Crippen LogP contribution in [-0.2, 0) is 11.3 Å². The highest BCUT2D eigenvalue weighted by Gasteiger charge is 2.24. The summed E-state index contributed by atoms with van der Waals surface area (Å²) in [6.45, 7) is 10.0. The number of nitrogens with zero attached hydrogens (tertiary/aromatic N) is 2. The molecule has 0 aliphatic rings. The Morgan fingerprint density at radius 1 is 1.09 bits per heavy atom. The van der Waals surface area contributed by atoms with Crippen LogP contribution in [0.25, 0.3) is 0 Å². The van der Waals surface area contributed by atoms with Crippen LogP contribution in [0.3, 0.4) is 0 Å². The van der Waals surface area contributed by atoms with Gasteiger partial charge in [-0.3, -0.25) is 4.90 Å². The van der Waals surface area contributed by atoms with E-state index in [0.29, 0.717) is 12.4 Å². The summed E-state index contributed by atoms with van der Waals surface area (Å²) < 4.78 is 5.54. The molecule has 2 aromatic rings. The number of anilines is 1. The Balaban J connectivity index is 2.30. The molecule has 1 aromatic heterocycles. The van der Waals surface area contributed by atoms with Gasteiger partial charge in [-0.25, -0.2) is 9.78 Å². The molecule has 0 bridgehead atoms. The molecule has 0 radical (unpaired) electrons. The van der Waals surface area contributed by atoms with Gasteiger partial charge in [-0.15, -0.1) is 0 Å². The van der Waals surface area contributed by atoms with E-state index in [4.69, 9.17) is 4.74 Å². The van der Waals surface area contributed by atoms with Gasteiger partial charge in [-0.1, -0.05) is 29.8 Å². The predicted molar refractivity (Wildman–Crippen MR) is 92.6 cm³/mol. The van der Waals surface area contributed by atoms with Crippen LogP contribution < -0.4 is 4.90 Å². The first kappa shape index (κ1) is 17.0. The van der Waals surface area contributed by atoms with Gasteiger partial charge in [0.25, 0.3) is 0 Å². The van der Waals surface area contributed by atoms with E-state index in [2.05, 4.69) is 4.98 Å². The van der Waals surface area contributed by atoms with Crippen LogP contribution in [0, 0.1) is 13.8 Å². The van der Waals surface area contributed by atoms with Crippen molar-refractivity contribution in [3.8, 4) is 0 Å². The number of aryl methyl sites for hydroxylation is 2. The molecular formula is C19H24N2O2. The van der Waals surface area contributed by atoms with Crippen LogP contribution in [0.2, 0.25) is 0 Å². The van der Waals surface area contributed by atoms with E-state index in [-0.39, 0.29) is 0 Å². The fourth-order valence-electron chi connectivity index (χ4n) is 2.10. The lowest BCUT2D eigenvalue weighted by Gasteiger charge is -2.27. The standard InChI is InChI=1S/C19H24N2O2/c1-14-6-8-16(9-7-14)13-21(18(22)23-19(3,4)5)17-12-15(2)10-11-20-17/h6-12H,13H2,1-5H3. The molecule has 0 spiro atoms. The summed E-state index contributed by atoms with van der Waals surface area (Å²) in [4.78, 5) is 18.5. The van der Waals surface area contributed by atoms with Gasteiger partial charge in [0.2, 0.25) is 0 Å². The summed E-state index contributed by atoms with van der Waals surface area (Å²) in [5, 5.41) is 0. The molecule has 122 valence electrons. The number of carbonyl (C=O) groups is 1. The second kappa shape index (κ2) is 6.82. The van der Waals surface area contributed by atoms with Crippen molar-refractivity contribution in [1.29, 1.82) is 0 Å². The van der Waals surface area contributed by atoms with E-state index < -0.39 is 11.7 Å². The summed E-state index contributed by atoms with van der Waals surface area (Å²) in [6.07, 6.45) is 1.31. The molecule has 0 aliphatic heterocycles. The van der Waals surface area contributed by atoms with Crippen molar-refractivity contribution < 1.29 is 9.53 Å². The van der Waals surface area contributed by atoms with Crippen molar-refractivity contribution in [2.45, 2.75) is 46.8 Å². The molecule has 0 unspecified atom stereocenters. The number of amides is 1. The fourth-order valence-corrected chi connectivity index (χ4v) is 2.10. The zero-order valence-corrected chi connectivity index (χ0v) is 14.5. The van der Waals surface area contributed by atoms with Crippen molar-refractivity contribution in [2.24, 2.45) is 0 Å². The topological polar surface area (TPSA) is 42.4 Å². The zero-order valence-electron chi connectivity index (χ0n) is 14.5. The van der Waals surface area contributed by atoms with E-state index in [1.807, 2.05) is 71.0 Å². The molecule has 4 nitrogen and oxygen atoms in total. The second-order valence-corrected chi connectivity index (χ2v) is 6.74. The molecule has 23 heavy (non-hydrogen) atoms. The average Bonchev–Trinajstić information content (AvgIpc) is 2.44. The molecule has 0 aliphatic carbocycles. The normalized spacial score (nSPS) is 11.2. The van der Waals surface area contributed by atoms with Crippen molar-refractivity contribution in [3.63, 3.8) is 0 Å². The Morgan fingerprint density at radius 3 is 2.30 bits per heavy atom. The number of hydrogen-bond acceptors (Lipinski definition) is 3. The Kier molecular flexibility index (Phi) is 5.04. The maximum Gasteiger partial charge on any atom is 0.416 e. The van der Waals surface area contributed by atoms with Crippen LogP contribution in [0.5, 0.6) is 0 Å². The van der Waals surface area contributed by atoms with E-state index in [9.17, 15) is 4.79 Å².